The van der Waals surface area contributed by atoms with E-state index in [0.29, 0.717) is 24.9 Å². The molecule has 6 rings (SSSR count). The predicted molar refractivity (Wildman–Crippen MR) is 122 cm³/mol. The van der Waals surface area contributed by atoms with Crippen molar-refractivity contribution < 1.29 is 13.6 Å². The number of hydrogen-bond acceptors (Lipinski definition) is 5. The molecule has 3 aromatic heterocycles. The van der Waals surface area contributed by atoms with Gasteiger partial charge in [-0.05, 0) is 31.7 Å². The fraction of sp³-hybridized carbons (Fsp3) is 0.583. The summed E-state index contributed by atoms with van der Waals surface area (Å²) in [5, 5.41) is 5.58. The number of carbonyl (C=O) groups is 1. The zero-order valence-electron chi connectivity index (χ0n) is 19.0. The highest BCUT2D eigenvalue weighted by atomic mass is 19.3. The van der Waals surface area contributed by atoms with Crippen LogP contribution in [-0.4, -0.2) is 78.6 Å². The number of aromatic nitrogens is 5. The molecule has 0 spiro atoms. The molecule has 1 aliphatic carbocycles. The van der Waals surface area contributed by atoms with E-state index in [4.69, 9.17) is 0 Å². The minimum absolute atomic E-state index is 0.0840. The number of halogens is 2. The molecular weight excluding hydrogens is 440 g/mol. The van der Waals surface area contributed by atoms with Gasteiger partial charge in [0.25, 0.3) is 0 Å². The van der Waals surface area contributed by atoms with Gasteiger partial charge in [0, 0.05) is 74.3 Å². The summed E-state index contributed by atoms with van der Waals surface area (Å²) in [6.45, 7) is 3.34. The van der Waals surface area contributed by atoms with Crippen molar-refractivity contribution in [2.75, 3.05) is 26.2 Å². The Morgan fingerprint density at radius 3 is 2.59 bits per heavy atom. The van der Waals surface area contributed by atoms with Crippen LogP contribution in [-0.2, 0) is 4.79 Å². The zero-order valence-corrected chi connectivity index (χ0v) is 19.0. The van der Waals surface area contributed by atoms with Crippen molar-refractivity contribution >= 4 is 16.9 Å². The van der Waals surface area contributed by atoms with Crippen molar-refractivity contribution in [2.24, 2.45) is 5.92 Å². The Kier molecular flexibility index (Phi) is 5.35. The van der Waals surface area contributed by atoms with Gasteiger partial charge in [0.2, 0.25) is 11.8 Å². The number of rotatable bonds is 4. The van der Waals surface area contributed by atoms with Crippen LogP contribution in [0.4, 0.5) is 8.78 Å². The SMILES string of the molecule is O=C(C1CCC(F)(F)CC1)N1CCC(N2CC(n3cc(-c4ncnc5[nH]ccc45)cn3)C2)CC1. The summed E-state index contributed by atoms with van der Waals surface area (Å²) in [7, 11) is 0. The van der Waals surface area contributed by atoms with Crippen LogP contribution in [0.15, 0.2) is 31.0 Å². The first-order valence-corrected chi connectivity index (χ1v) is 12.2. The molecule has 0 bridgehead atoms. The van der Waals surface area contributed by atoms with Crippen molar-refractivity contribution in [3.63, 3.8) is 0 Å². The molecule has 5 heterocycles. The standard InChI is InChI=1S/C24H29F2N7O/c25-24(26)6-1-16(2-7-24)23(34)31-9-4-18(5-10-31)32-13-19(14-32)33-12-17(11-30-33)21-20-3-8-27-22(20)29-15-28-21/h3,8,11-12,15-16,18-19H,1-2,4-7,9-10,13-14H2,(H,27,28,29). The average Bonchev–Trinajstić information content (AvgIpc) is 3.48. The third-order valence-electron chi connectivity index (χ3n) is 7.85. The minimum Gasteiger partial charge on any atom is -0.346 e. The summed E-state index contributed by atoms with van der Waals surface area (Å²) in [5.74, 6) is -2.72. The second-order valence-electron chi connectivity index (χ2n) is 9.97. The number of nitrogens with one attached hydrogen (secondary N) is 1. The molecule has 0 radical (unpaired) electrons. The van der Waals surface area contributed by atoms with Crippen LogP contribution < -0.4 is 0 Å². The molecule has 10 heteroatoms. The number of carbonyl (C=O) groups excluding carboxylic acids is 1. The van der Waals surface area contributed by atoms with E-state index in [9.17, 15) is 13.6 Å². The molecule has 0 atom stereocenters. The molecular formula is C24H29F2N7O. The van der Waals surface area contributed by atoms with Crippen LogP contribution >= 0.6 is 0 Å². The van der Waals surface area contributed by atoms with Gasteiger partial charge in [-0.3, -0.25) is 14.4 Å². The van der Waals surface area contributed by atoms with Gasteiger partial charge < -0.3 is 9.88 Å². The third kappa shape index (κ3) is 3.97. The van der Waals surface area contributed by atoms with Crippen LogP contribution in [0.2, 0.25) is 0 Å². The lowest BCUT2D eigenvalue weighted by molar-refractivity contribution is -0.141. The summed E-state index contributed by atoms with van der Waals surface area (Å²) in [6, 6.07) is 2.78. The van der Waals surface area contributed by atoms with Gasteiger partial charge in [-0.15, -0.1) is 0 Å². The lowest BCUT2D eigenvalue weighted by Crippen LogP contribution is -2.56. The monoisotopic (exact) mass is 469 g/mol. The highest BCUT2D eigenvalue weighted by molar-refractivity contribution is 5.90. The summed E-state index contributed by atoms with van der Waals surface area (Å²) in [4.78, 5) is 29.0. The molecule has 8 nitrogen and oxygen atoms in total. The summed E-state index contributed by atoms with van der Waals surface area (Å²) >= 11 is 0. The smallest absolute Gasteiger partial charge is 0.248 e. The maximum Gasteiger partial charge on any atom is 0.248 e. The second-order valence-corrected chi connectivity index (χ2v) is 9.97. The fourth-order valence-corrected chi connectivity index (χ4v) is 5.71. The van der Waals surface area contributed by atoms with Crippen LogP contribution in [0.5, 0.6) is 0 Å². The second kappa shape index (κ2) is 8.41. The molecule has 0 aromatic carbocycles. The van der Waals surface area contributed by atoms with Crippen LogP contribution in [0.1, 0.15) is 44.6 Å². The molecule has 0 unspecified atom stereocenters. The Morgan fingerprint density at radius 2 is 1.82 bits per heavy atom. The fourth-order valence-electron chi connectivity index (χ4n) is 5.71. The number of H-pyrrole nitrogens is 1. The first-order valence-electron chi connectivity index (χ1n) is 12.2. The van der Waals surface area contributed by atoms with Gasteiger partial charge in [0.1, 0.15) is 12.0 Å². The molecule has 3 fully saturated rings. The lowest BCUT2D eigenvalue weighted by Gasteiger charge is -2.47. The van der Waals surface area contributed by atoms with E-state index < -0.39 is 5.92 Å². The van der Waals surface area contributed by atoms with Gasteiger partial charge in [0.05, 0.1) is 17.9 Å². The van der Waals surface area contributed by atoms with Crippen molar-refractivity contribution in [1.82, 2.24) is 34.5 Å². The van der Waals surface area contributed by atoms with Crippen LogP contribution in [0.3, 0.4) is 0 Å². The van der Waals surface area contributed by atoms with E-state index in [1.54, 1.807) is 6.33 Å². The lowest BCUT2D eigenvalue weighted by atomic mass is 9.85. The zero-order chi connectivity index (χ0) is 23.3. The van der Waals surface area contributed by atoms with Gasteiger partial charge in [0.15, 0.2) is 0 Å². The van der Waals surface area contributed by atoms with E-state index in [1.807, 2.05) is 28.0 Å². The number of hydrogen-bond donors (Lipinski definition) is 1. The largest absolute Gasteiger partial charge is 0.346 e. The first kappa shape index (κ1) is 21.6. The van der Waals surface area contributed by atoms with Gasteiger partial charge in [-0.2, -0.15) is 5.10 Å². The van der Waals surface area contributed by atoms with Gasteiger partial charge >= 0.3 is 0 Å². The van der Waals surface area contributed by atoms with E-state index in [0.717, 1.165) is 61.3 Å². The molecule has 34 heavy (non-hydrogen) atoms. The number of piperidine rings is 1. The van der Waals surface area contributed by atoms with E-state index in [-0.39, 0.29) is 24.7 Å². The first-order chi connectivity index (χ1) is 16.5. The van der Waals surface area contributed by atoms with Gasteiger partial charge in [-0.1, -0.05) is 0 Å². The Balaban J connectivity index is 1.01. The third-order valence-corrected chi connectivity index (χ3v) is 7.85. The van der Waals surface area contributed by atoms with Crippen molar-refractivity contribution in [3.8, 4) is 11.3 Å². The summed E-state index contributed by atoms with van der Waals surface area (Å²) in [6.07, 6.45) is 9.56. The Labute approximate surface area is 196 Å². The molecule has 2 saturated heterocycles. The summed E-state index contributed by atoms with van der Waals surface area (Å²) in [5.41, 5.74) is 2.68. The molecule has 2 aliphatic heterocycles. The maximum atomic E-state index is 13.4. The predicted octanol–water partition coefficient (Wildman–Crippen LogP) is 3.49. The molecule has 1 N–H and O–H groups in total. The van der Waals surface area contributed by atoms with Crippen molar-refractivity contribution in [1.29, 1.82) is 0 Å². The molecule has 1 saturated carbocycles. The topological polar surface area (TPSA) is 82.9 Å². The number of nitrogens with zero attached hydrogens (tertiary/aromatic N) is 6. The minimum atomic E-state index is -2.59. The molecule has 3 aliphatic rings. The number of amides is 1. The van der Waals surface area contributed by atoms with Crippen molar-refractivity contribution in [2.45, 2.75) is 56.5 Å². The molecule has 1 amide bonds. The summed E-state index contributed by atoms with van der Waals surface area (Å²) < 4.78 is 28.9. The molecule has 180 valence electrons. The van der Waals surface area contributed by atoms with E-state index in [1.165, 1.54) is 0 Å². The maximum absolute atomic E-state index is 13.4. The van der Waals surface area contributed by atoms with E-state index in [2.05, 4.69) is 31.1 Å². The average molecular weight is 470 g/mol. The van der Waals surface area contributed by atoms with Crippen molar-refractivity contribution in [3.05, 3.63) is 31.0 Å². The Bertz CT molecular complexity index is 1170. The Hall–Kier alpha value is -2.88. The number of alkyl halides is 2. The molecule has 3 aromatic rings. The van der Waals surface area contributed by atoms with Crippen LogP contribution in [0.25, 0.3) is 22.3 Å². The normalized spacial score (nSPS) is 22.8. The highest BCUT2D eigenvalue weighted by Gasteiger charge is 2.40. The number of fused-ring (bicyclic) bond motifs is 1. The quantitative estimate of drug-likeness (QED) is 0.633. The van der Waals surface area contributed by atoms with Gasteiger partial charge in [-0.25, -0.2) is 18.7 Å². The number of likely N-dealkylation sites (tertiary alicyclic amines) is 2. The number of aromatic amines is 1. The highest BCUT2D eigenvalue weighted by Crippen LogP contribution is 2.37. The van der Waals surface area contributed by atoms with Crippen LogP contribution in [0, 0.1) is 5.92 Å². The Morgan fingerprint density at radius 1 is 1.06 bits per heavy atom. The van der Waals surface area contributed by atoms with E-state index >= 15 is 0 Å².